The molecule has 2 N–H and O–H groups in total. The van der Waals surface area contributed by atoms with Gasteiger partial charge in [-0.3, -0.25) is 0 Å². The summed E-state index contributed by atoms with van der Waals surface area (Å²) in [5, 5.41) is 0. The normalized spacial score (nSPS) is 33.3. The first-order chi connectivity index (χ1) is 8.95. The van der Waals surface area contributed by atoms with Gasteiger partial charge in [-0.05, 0) is 51.4 Å². The molecule has 2 aliphatic heterocycles. The first-order valence-corrected chi connectivity index (χ1v) is 8.62. The third kappa shape index (κ3) is 5.71. The average Bonchev–Trinajstić information content (AvgIpc) is 2.36. The maximum atomic E-state index is 1.91. The zero-order valence-electron chi connectivity index (χ0n) is 12.3. The van der Waals surface area contributed by atoms with Crippen molar-refractivity contribution >= 4 is 0 Å². The molecule has 2 rings (SSSR count). The van der Waals surface area contributed by atoms with Crippen molar-refractivity contribution in [1.29, 1.82) is 0 Å². The van der Waals surface area contributed by atoms with E-state index in [0.717, 1.165) is 0 Å². The van der Waals surface area contributed by atoms with Crippen molar-refractivity contribution in [2.24, 2.45) is 0 Å². The van der Waals surface area contributed by atoms with Crippen LogP contribution in [0.1, 0.15) is 64.2 Å². The van der Waals surface area contributed by atoms with E-state index in [4.69, 9.17) is 0 Å². The fraction of sp³-hybridized carbons (Fsp3) is 1.00. The van der Waals surface area contributed by atoms with Crippen LogP contribution in [0.3, 0.4) is 0 Å². The van der Waals surface area contributed by atoms with Crippen LogP contribution in [0.2, 0.25) is 0 Å². The summed E-state index contributed by atoms with van der Waals surface area (Å²) in [4.78, 5) is 3.83. The zero-order chi connectivity index (χ0) is 12.5. The van der Waals surface area contributed by atoms with Gasteiger partial charge < -0.3 is 9.80 Å². The van der Waals surface area contributed by atoms with Crippen LogP contribution in [-0.2, 0) is 0 Å². The summed E-state index contributed by atoms with van der Waals surface area (Å²) in [6.07, 6.45) is 14.8. The van der Waals surface area contributed by atoms with E-state index in [1.54, 1.807) is 0 Å². The molecule has 2 saturated heterocycles. The van der Waals surface area contributed by atoms with Crippen LogP contribution in [-0.4, -0.2) is 39.3 Å². The highest BCUT2D eigenvalue weighted by Crippen LogP contribution is 2.00. The van der Waals surface area contributed by atoms with Crippen molar-refractivity contribution in [3.8, 4) is 0 Å². The van der Waals surface area contributed by atoms with Crippen LogP contribution in [0.15, 0.2) is 0 Å². The second kappa shape index (κ2) is 8.92. The fourth-order valence-electron chi connectivity index (χ4n) is 3.71. The lowest BCUT2D eigenvalue weighted by Crippen LogP contribution is -3.13. The monoisotopic (exact) mass is 254 g/mol. The molecule has 2 fully saturated rings. The summed E-state index contributed by atoms with van der Waals surface area (Å²) in [7, 11) is 0. The number of rotatable bonds is 0. The SMILES string of the molecule is C1CCC[NH+]2CCCCCC[NH+](CC1)CCCC2. The molecule has 2 heterocycles. The third-order valence-corrected chi connectivity index (χ3v) is 4.93. The van der Waals surface area contributed by atoms with Gasteiger partial charge in [-0.2, -0.15) is 0 Å². The Balaban J connectivity index is 1.89. The zero-order valence-corrected chi connectivity index (χ0v) is 12.3. The highest BCUT2D eigenvalue weighted by molar-refractivity contribution is 4.49. The van der Waals surface area contributed by atoms with E-state index in [9.17, 15) is 0 Å². The molecule has 0 aromatic heterocycles. The summed E-state index contributed by atoms with van der Waals surface area (Å²) in [5.41, 5.74) is 0. The van der Waals surface area contributed by atoms with Gasteiger partial charge in [0.1, 0.15) is 0 Å². The van der Waals surface area contributed by atoms with Gasteiger partial charge in [0, 0.05) is 12.8 Å². The Morgan fingerprint density at radius 2 is 0.500 bits per heavy atom. The van der Waals surface area contributed by atoms with E-state index >= 15 is 0 Å². The Kier molecular flexibility index (Phi) is 7.11. The molecule has 0 aromatic carbocycles. The van der Waals surface area contributed by atoms with Gasteiger partial charge >= 0.3 is 0 Å². The summed E-state index contributed by atoms with van der Waals surface area (Å²) in [5.74, 6) is 0. The fourth-order valence-corrected chi connectivity index (χ4v) is 3.71. The minimum Gasteiger partial charge on any atom is -0.335 e. The van der Waals surface area contributed by atoms with Gasteiger partial charge in [-0.25, -0.2) is 0 Å². The predicted octanol–water partition coefficient (Wildman–Crippen LogP) is 0.684. The highest BCUT2D eigenvalue weighted by atomic mass is 15.1. The van der Waals surface area contributed by atoms with E-state index in [1.807, 2.05) is 9.80 Å². The van der Waals surface area contributed by atoms with Crippen molar-refractivity contribution in [3.63, 3.8) is 0 Å². The van der Waals surface area contributed by atoms with E-state index < -0.39 is 0 Å². The van der Waals surface area contributed by atoms with Gasteiger partial charge in [0.15, 0.2) is 0 Å². The first kappa shape index (κ1) is 14.3. The Morgan fingerprint density at radius 3 is 0.778 bits per heavy atom. The van der Waals surface area contributed by atoms with Gasteiger partial charge in [-0.15, -0.1) is 0 Å². The smallest absolute Gasteiger partial charge is 0.0773 e. The van der Waals surface area contributed by atoms with Crippen LogP contribution in [0.4, 0.5) is 0 Å². The van der Waals surface area contributed by atoms with Crippen molar-refractivity contribution in [1.82, 2.24) is 0 Å². The van der Waals surface area contributed by atoms with Gasteiger partial charge in [0.25, 0.3) is 0 Å². The number of hydrogen-bond donors (Lipinski definition) is 2. The third-order valence-electron chi connectivity index (χ3n) is 4.93. The molecule has 0 unspecified atom stereocenters. The quantitative estimate of drug-likeness (QED) is 0.629. The van der Waals surface area contributed by atoms with Crippen molar-refractivity contribution in [2.75, 3.05) is 39.3 Å². The van der Waals surface area contributed by atoms with Crippen molar-refractivity contribution < 1.29 is 9.80 Å². The number of hydrogen-bond acceptors (Lipinski definition) is 0. The minimum absolute atomic E-state index is 1.45. The molecule has 0 radical (unpaired) electrons. The molecule has 106 valence electrons. The van der Waals surface area contributed by atoms with Crippen LogP contribution in [0, 0.1) is 0 Å². The molecular weight excluding hydrogens is 220 g/mol. The maximum Gasteiger partial charge on any atom is 0.0773 e. The molecule has 18 heavy (non-hydrogen) atoms. The Labute approximate surface area is 114 Å². The van der Waals surface area contributed by atoms with Gasteiger partial charge in [-0.1, -0.05) is 0 Å². The second-order valence-electron chi connectivity index (χ2n) is 6.54. The molecule has 0 saturated carbocycles. The summed E-state index contributed by atoms with van der Waals surface area (Å²) >= 11 is 0. The molecule has 0 aliphatic carbocycles. The largest absolute Gasteiger partial charge is 0.335 e. The molecule has 2 aliphatic rings. The standard InChI is InChI=1S/C16H32N2/c1-2-6-12-18-14-8-4-3-7-13-17(11-5-1)15-9-10-16-18/h1-16H2/p+2. The van der Waals surface area contributed by atoms with Crippen molar-refractivity contribution in [2.45, 2.75) is 64.2 Å². The van der Waals surface area contributed by atoms with Crippen LogP contribution >= 0.6 is 0 Å². The summed E-state index contributed by atoms with van der Waals surface area (Å²) in [6, 6.07) is 0. The topological polar surface area (TPSA) is 8.88 Å². The number of fused-ring (bicyclic) bond motifs is 5. The predicted molar refractivity (Wildman–Crippen MR) is 77.3 cm³/mol. The average molecular weight is 254 g/mol. The van der Waals surface area contributed by atoms with Crippen LogP contribution < -0.4 is 9.80 Å². The molecule has 0 amide bonds. The molecule has 2 heteroatoms. The number of nitrogens with one attached hydrogen (secondary N) is 2. The van der Waals surface area contributed by atoms with Crippen LogP contribution in [0.25, 0.3) is 0 Å². The van der Waals surface area contributed by atoms with E-state index in [0.29, 0.717) is 0 Å². The Bertz CT molecular complexity index is 167. The Morgan fingerprint density at radius 1 is 0.278 bits per heavy atom. The lowest BCUT2D eigenvalue weighted by atomic mass is 10.1. The summed E-state index contributed by atoms with van der Waals surface area (Å²) in [6.45, 7) is 8.72. The minimum atomic E-state index is 1.45. The summed E-state index contributed by atoms with van der Waals surface area (Å²) < 4.78 is 0. The van der Waals surface area contributed by atoms with E-state index in [1.165, 1.54) is 103 Å². The molecule has 0 atom stereocenters. The highest BCUT2D eigenvalue weighted by Gasteiger charge is 2.14. The molecule has 2 nitrogen and oxygen atoms in total. The van der Waals surface area contributed by atoms with Crippen molar-refractivity contribution in [3.05, 3.63) is 0 Å². The molecule has 2 bridgehead atoms. The molecular formula is C16H34N2+2. The van der Waals surface area contributed by atoms with Gasteiger partial charge in [0.05, 0.1) is 39.3 Å². The van der Waals surface area contributed by atoms with E-state index in [2.05, 4.69) is 0 Å². The lowest BCUT2D eigenvalue weighted by molar-refractivity contribution is -0.908. The Hall–Kier alpha value is -0.0800. The van der Waals surface area contributed by atoms with Crippen LogP contribution in [0.5, 0.6) is 0 Å². The second-order valence-corrected chi connectivity index (χ2v) is 6.54. The number of quaternary nitrogens is 2. The maximum absolute atomic E-state index is 1.91. The van der Waals surface area contributed by atoms with Gasteiger partial charge in [0.2, 0.25) is 0 Å². The van der Waals surface area contributed by atoms with E-state index in [-0.39, 0.29) is 0 Å². The molecule has 0 aromatic rings. The lowest BCUT2D eigenvalue weighted by Gasteiger charge is -2.24. The molecule has 0 spiro atoms. The first-order valence-electron chi connectivity index (χ1n) is 8.62.